The molecular formula is C29H32N2O. The third kappa shape index (κ3) is 4.47. The third-order valence-electron chi connectivity index (χ3n) is 6.38. The summed E-state index contributed by atoms with van der Waals surface area (Å²) in [6.07, 6.45) is 3.67. The first kappa shape index (κ1) is 21.9. The second-order valence-electron chi connectivity index (χ2n) is 8.40. The van der Waals surface area contributed by atoms with Crippen molar-refractivity contribution < 1.29 is 4.79 Å². The number of amides is 1. The molecule has 1 N–H and O–H groups in total. The standard InChI is InChI=1S/C29H32N2O/c1-4-22-17-12-18-25-27(20-31(5-2)29(22)25)26(24-15-10-7-11-16-24)19-28(32)30-21(3)23-13-8-6-9-14-23/h6-18,20-21,26H,4-5,19H2,1-3H3,(H,30,32)/t21-,26+/m0/s1. The number of nitrogens with one attached hydrogen (secondary N) is 1. The van der Waals surface area contributed by atoms with Crippen molar-refractivity contribution in [2.45, 2.75) is 52.1 Å². The van der Waals surface area contributed by atoms with Gasteiger partial charge in [0.05, 0.1) is 11.6 Å². The van der Waals surface area contributed by atoms with Gasteiger partial charge in [0, 0.05) is 30.5 Å². The Labute approximate surface area is 191 Å². The Bertz CT molecular complexity index is 1180. The van der Waals surface area contributed by atoms with E-state index in [0.717, 1.165) is 18.5 Å². The van der Waals surface area contributed by atoms with Crippen molar-refractivity contribution in [3.63, 3.8) is 0 Å². The van der Waals surface area contributed by atoms with E-state index < -0.39 is 0 Å². The molecule has 2 atom stereocenters. The van der Waals surface area contributed by atoms with E-state index in [2.05, 4.69) is 84.5 Å². The summed E-state index contributed by atoms with van der Waals surface area (Å²) in [5, 5.41) is 4.47. The fourth-order valence-electron chi connectivity index (χ4n) is 4.68. The van der Waals surface area contributed by atoms with E-state index in [1.54, 1.807) is 0 Å². The number of rotatable bonds is 8. The van der Waals surface area contributed by atoms with Gasteiger partial charge in [0.25, 0.3) is 0 Å². The highest BCUT2D eigenvalue weighted by atomic mass is 16.1. The summed E-state index contributed by atoms with van der Waals surface area (Å²) in [4.78, 5) is 13.2. The zero-order valence-corrected chi connectivity index (χ0v) is 19.2. The van der Waals surface area contributed by atoms with Crippen molar-refractivity contribution in [3.8, 4) is 0 Å². The van der Waals surface area contributed by atoms with E-state index in [-0.39, 0.29) is 17.9 Å². The van der Waals surface area contributed by atoms with Crippen LogP contribution in [0.2, 0.25) is 0 Å². The van der Waals surface area contributed by atoms with Crippen molar-refractivity contribution in [2.24, 2.45) is 0 Å². The van der Waals surface area contributed by atoms with E-state index in [1.165, 1.54) is 27.6 Å². The normalized spacial score (nSPS) is 13.1. The van der Waals surface area contributed by atoms with Crippen LogP contribution in [0.5, 0.6) is 0 Å². The maximum Gasteiger partial charge on any atom is 0.221 e. The second kappa shape index (κ2) is 9.86. The maximum atomic E-state index is 13.2. The Morgan fingerprint density at radius 1 is 0.875 bits per heavy atom. The molecule has 3 nitrogen and oxygen atoms in total. The predicted molar refractivity (Wildman–Crippen MR) is 133 cm³/mol. The molecule has 0 aliphatic heterocycles. The minimum atomic E-state index is -0.0243. The Morgan fingerprint density at radius 2 is 1.53 bits per heavy atom. The predicted octanol–water partition coefficient (Wildman–Crippen LogP) is 6.62. The van der Waals surface area contributed by atoms with Gasteiger partial charge in [-0.1, -0.05) is 85.8 Å². The van der Waals surface area contributed by atoms with Gasteiger partial charge in [-0.05, 0) is 42.5 Å². The second-order valence-corrected chi connectivity index (χ2v) is 8.40. The van der Waals surface area contributed by atoms with Gasteiger partial charge in [0.2, 0.25) is 5.91 Å². The Morgan fingerprint density at radius 3 is 2.16 bits per heavy atom. The van der Waals surface area contributed by atoms with Crippen molar-refractivity contribution in [2.75, 3.05) is 0 Å². The first-order valence-electron chi connectivity index (χ1n) is 11.6. The molecule has 0 bridgehead atoms. The van der Waals surface area contributed by atoms with E-state index >= 15 is 0 Å². The summed E-state index contributed by atoms with van der Waals surface area (Å²) < 4.78 is 2.34. The SMILES string of the molecule is CCc1cccc2c([C@H](CC(=O)N[C@@H](C)c3ccccc3)c3ccccc3)cn(CC)c12. The van der Waals surface area contributed by atoms with Crippen LogP contribution in [0.15, 0.2) is 85.1 Å². The summed E-state index contributed by atoms with van der Waals surface area (Å²) in [6, 6.07) is 27.1. The molecule has 0 radical (unpaired) electrons. The number of hydrogen-bond acceptors (Lipinski definition) is 1. The number of nitrogens with zero attached hydrogens (tertiary/aromatic N) is 1. The van der Waals surface area contributed by atoms with Gasteiger partial charge in [0.15, 0.2) is 0 Å². The van der Waals surface area contributed by atoms with Crippen molar-refractivity contribution in [3.05, 3.63) is 107 Å². The molecule has 164 valence electrons. The molecule has 4 rings (SSSR count). The summed E-state index contributed by atoms with van der Waals surface area (Å²) in [5.74, 6) is 0.0702. The highest BCUT2D eigenvalue weighted by molar-refractivity contribution is 5.89. The van der Waals surface area contributed by atoms with Gasteiger partial charge in [0.1, 0.15) is 0 Å². The third-order valence-corrected chi connectivity index (χ3v) is 6.38. The van der Waals surface area contributed by atoms with Crippen LogP contribution in [0.25, 0.3) is 10.9 Å². The molecular weight excluding hydrogens is 392 g/mol. The van der Waals surface area contributed by atoms with Crippen LogP contribution in [0.3, 0.4) is 0 Å². The molecule has 0 saturated heterocycles. The van der Waals surface area contributed by atoms with Gasteiger partial charge in [-0.15, -0.1) is 0 Å². The molecule has 1 amide bonds. The molecule has 0 fully saturated rings. The van der Waals surface area contributed by atoms with Gasteiger partial charge in [-0.3, -0.25) is 4.79 Å². The summed E-state index contributed by atoms with van der Waals surface area (Å²) in [6.45, 7) is 7.34. The van der Waals surface area contributed by atoms with Crippen LogP contribution >= 0.6 is 0 Å². The molecule has 3 heteroatoms. The number of hydrogen-bond donors (Lipinski definition) is 1. The fourth-order valence-corrected chi connectivity index (χ4v) is 4.68. The zero-order valence-electron chi connectivity index (χ0n) is 19.2. The van der Waals surface area contributed by atoms with Crippen LogP contribution in [0.1, 0.15) is 61.4 Å². The van der Waals surface area contributed by atoms with Crippen molar-refractivity contribution in [1.29, 1.82) is 0 Å². The molecule has 0 unspecified atom stereocenters. The quantitative estimate of drug-likeness (QED) is 0.339. The topological polar surface area (TPSA) is 34.0 Å². The molecule has 0 spiro atoms. The van der Waals surface area contributed by atoms with Gasteiger partial charge in [-0.25, -0.2) is 0 Å². The number of aromatic nitrogens is 1. The lowest BCUT2D eigenvalue weighted by Crippen LogP contribution is -2.28. The van der Waals surface area contributed by atoms with Crippen LogP contribution < -0.4 is 5.32 Å². The first-order valence-corrected chi connectivity index (χ1v) is 11.6. The molecule has 32 heavy (non-hydrogen) atoms. The largest absolute Gasteiger partial charge is 0.350 e. The van der Waals surface area contributed by atoms with E-state index in [9.17, 15) is 4.79 Å². The molecule has 0 aliphatic carbocycles. The zero-order chi connectivity index (χ0) is 22.5. The first-order chi connectivity index (χ1) is 15.6. The Balaban J connectivity index is 1.71. The molecule has 0 saturated carbocycles. The average molecular weight is 425 g/mol. The maximum absolute atomic E-state index is 13.2. The van der Waals surface area contributed by atoms with Gasteiger partial charge < -0.3 is 9.88 Å². The summed E-state index contributed by atoms with van der Waals surface area (Å²) >= 11 is 0. The molecule has 4 aromatic rings. The minimum Gasteiger partial charge on any atom is -0.350 e. The van der Waals surface area contributed by atoms with Crippen molar-refractivity contribution in [1.82, 2.24) is 9.88 Å². The monoisotopic (exact) mass is 424 g/mol. The summed E-state index contributed by atoms with van der Waals surface area (Å²) in [7, 11) is 0. The van der Waals surface area contributed by atoms with Crippen LogP contribution in [0, 0.1) is 0 Å². The Kier molecular flexibility index (Phi) is 6.75. The average Bonchev–Trinajstić information content (AvgIpc) is 3.22. The van der Waals surface area contributed by atoms with Crippen LogP contribution in [-0.4, -0.2) is 10.5 Å². The smallest absolute Gasteiger partial charge is 0.221 e. The van der Waals surface area contributed by atoms with Crippen LogP contribution in [-0.2, 0) is 17.8 Å². The number of aryl methyl sites for hydroxylation is 2. The Hall–Kier alpha value is -3.33. The minimum absolute atomic E-state index is 0.00146. The number of carbonyl (C=O) groups is 1. The molecule has 1 heterocycles. The highest BCUT2D eigenvalue weighted by Gasteiger charge is 2.24. The molecule has 0 aliphatic rings. The number of carbonyl (C=O) groups excluding carboxylic acids is 1. The lowest BCUT2D eigenvalue weighted by molar-refractivity contribution is -0.121. The lowest BCUT2D eigenvalue weighted by Gasteiger charge is -2.20. The van der Waals surface area contributed by atoms with Crippen molar-refractivity contribution >= 4 is 16.8 Å². The fraction of sp³-hybridized carbons (Fsp3) is 0.276. The van der Waals surface area contributed by atoms with E-state index in [1.807, 2.05) is 31.2 Å². The van der Waals surface area contributed by atoms with E-state index in [4.69, 9.17) is 0 Å². The number of benzene rings is 3. The van der Waals surface area contributed by atoms with E-state index in [0.29, 0.717) is 6.42 Å². The number of fused-ring (bicyclic) bond motifs is 1. The van der Waals surface area contributed by atoms with Gasteiger partial charge >= 0.3 is 0 Å². The molecule has 1 aromatic heterocycles. The highest BCUT2D eigenvalue weighted by Crippen LogP contribution is 2.36. The lowest BCUT2D eigenvalue weighted by atomic mass is 9.87. The molecule has 3 aromatic carbocycles. The summed E-state index contributed by atoms with van der Waals surface area (Å²) in [5.41, 5.74) is 6.17. The van der Waals surface area contributed by atoms with Gasteiger partial charge in [-0.2, -0.15) is 0 Å². The van der Waals surface area contributed by atoms with Crippen LogP contribution in [0.4, 0.5) is 0 Å². The number of para-hydroxylation sites is 1.